The molecule has 0 bridgehead atoms. The molecule has 0 aliphatic rings. The Morgan fingerprint density at radius 2 is 2.00 bits per heavy atom. The minimum Gasteiger partial charge on any atom is -0.367 e. The fraction of sp³-hybridized carbons (Fsp3) is 0. The molecule has 78 valence electrons. The van der Waals surface area contributed by atoms with Crippen molar-refractivity contribution in [2.24, 2.45) is 5.73 Å². The molecule has 0 saturated carbocycles. The van der Waals surface area contributed by atoms with Crippen LogP contribution >= 0.6 is 0 Å². The first-order valence-corrected chi connectivity index (χ1v) is 4.26. The second-order valence-corrected chi connectivity index (χ2v) is 2.69. The summed E-state index contributed by atoms with van der Waals surface area (Å²) in [6, 6.07) is 6.56. The molecule has 1 amide bonds. The lowest BCUT2D eigenvalue weighted by atomic mass is 10.3. The number of aromatic amines is 2. The second kappa shape index (κ2) is 5.43. The predicted molar refractivity (Wildman–Crippen MR) is 56.4 cm³/mol. The first-order chi connectivity index (χ1) is 7.20. The average Bonchev–Trinajstić information content (AvgIpc) is 2.72. The van der Waals surface area contributed by atoms with Crippen molar-refractivity contribution in [1.29, 1.82) is 0 Å². The van der Waals surface area contributed by atoms with Crippen LogP contribution < -0.4 is 11.3 Å². The van der Waals surface area contributed by atoms with Gasteiger partial charge in [0.05, 0.1) is 5.56 Å². The topological polar surface area (TPSA) is 91.7 Å². The van der Waals surface area contributed by atoms with Crippen LogP contribution in [0.15, 0.2) is 47.7 Å². The maximum absolute atomic E-state index is 10.3. The molecule has 2 aromatic heterocycles. The minimum absolute atomic E-state index is 0.0532. The summed E-state index contributed by atoms with van der Waals surface area (Å²) in [5, 5.41) is 0. The standard InChI is InChI=1S/C5H6N2O.C5H5NO/c6-5(8)4-1-2-7-3-4;7-5-3-1-2-4-6-5/h1-3,7H,(H2,6,8);1-4H,(H,6,7). The molecule has 2 heterocycles. The molecule has 0 spiro atoms. The third-order valence-corrected chi connectivity index (χ3v) is 1.56. The number of carbonyl (C=O) groups excluding carboxylic acids is 1. The number of rotatable bonds is 1. The van der Waals surface area contributed by atoms with Gasteiger partial charge in [-0.1, -0.05) is 6.07 Å². The van der Waals surface area contributed by atoms with Crippen LogP contribution in [0.5, 0.6) is 0 Å². The largest absolute Gasteiger partial charge is 0.367 e. The van der Waals surface area contributed by atoms with E-state index in [9.17, 15) is 9.59 Å². The highest BCUT2D eigenvalue weighted by molar-refractivity contribution is 5.92. The Morgan fingerprint density at radius 3 is 2.27 bits per heavy atom. The third-order valence-electron chi connectivity index (χ3n) is 1.56. The number of nitrogens with two attached hydrogens (primary N) is 1. The maximum atomic E-state index is 10.3. The normalized spacial score (nSPS) is 8.80. The fourth-order valence-electron chi connectivity index (χ4n) is 0.854. The highest BCUT2D eigenvalue weighted by Gasteiger charge is 1.95. The van der Waals surface area contributed by atoms with Crippen molar-refractivity contribution in [3.8, 4) is 0 Å². The van der Waals surface area contributed by atoms with E-state index in [1.165, 1.54) is 6.07 Å². The van der Waals surface area contributed by atoms with Gasteiger partial charge in [0.15, 0.2) is 0 Å². The highest BCUT2D eigenvalue weighted by atomic mass is 16.1. The molecule has 0 saturated heterocycles. The molecular formula is C10H11N3O2. The smallest absolute Gasteiger partial charge is 0.250 e. The van der Waals surface area contributed by atoms with Crippen molar-refractivity contribution in [1.82, 2.24) is 9.97 Å². The molecule has 5 nitrogen and oxygen atoms in total. The minimum atomic E-state index is -0.397. The summed E-state index contributed by atoms with van der Waals surface area (Å²) in [5.41, 5.74) is 5.36. The summed E-state index contributed by atoms with van der Waals surface area (Å²) < 4.78 is 0. The predicted octanol–water partition coefficient (Wildman–Crippen LogP) is 0.488. The fourth-order valence-corrected chi connectivity index (χ4v) is 0.854. The van der Waals surface area contributed by atoms with Crippen LogP contribution in [-0.2, 0) is 0 Å². The Hall–Kier alpha value is -2.30. The van der Waals surface area contributed by atoms with E-state index in [1.54, 1.807) is 36.8 Å². The lowest BCUT2D eigenvalue weighted by Gasteiger charge is -1.80. The van der Waals surface area contributed by atoms with Gasteiger partial charge in [-0.05, 0) is 12.1 Å². The summed E-state index contributed by atoms with van der Waals surface area (Å²) in [6.07, 6.45) is 4.81. The second-order valence-electron chi connectivity index (χ2n) is 2.69. The number of amides is 1. The molecule has 5 heteroatoms. The molecule has 4 N–H and O–H groups in total. The van der Waals surface area contributed by atoms with Crippen molar-refractivity contribution in [3.05, 3.63) is 58.8 Å². The Bertz CT molecular complexity index is 442. The van der Waals surface area contributed by atoms with E-state index < -0.39 is 5.91 Å². The third kappa shape index (κ3) is 3.95. The van der Waals surface area contributed by atoms with Crippen LogP contribution in [0, 0.1) is 0 Å². The van der Waals surface area contributed by atoms with Crippen LogP contribution in [0.4, 0.5) is 0 Å². The van der Waals surface area contributed by atoms with Gasteiger partial charge in [-0.2, -0.15) is 0 Å². The number of nitrogens with one attached hydrogen (secondary N) is 2. The van der Waals surface area contributed by atoms with Gasteiger partial charge in [-0.25, -0.2) is 0 Å². The van der Waals surface area contributed by atoms with Crippen molar-refractivity contribution in [2.45, 2.75) is 0 Å². The Labute approximate surface area is 86.0 Å². The summed E-state index contributed by atoms with van der Waals surface area (Å²) in [7, 11) is 0. The van der Waals surface area contributed by atoms with Crippen molar-refractivity contribution in [2.75, 3.05) is 0 Å². The van der Waals surface area contributed by atoms with Gasteiger partial charge >= 0.3 is 0 Å². The summed E-state index contributed by atoms with van der Waals surface area (Å²) in [6.45, 7) is 0. The van der Waals surface area contributed by atoms with Gasteiger partial charge in [0, 0.05) is 24.7 Å². The summed E-state index contributed by atoms with van der Waals surface area (Å²) in [5.74, 6) is -0.397. The number of hydrogen-bond acceptors (Lipinski definition) is 2. The number of carbonyl (C=O) groups is 1. The zero-order chi connectivity index (χ0) is 11.1. The van der Waals surface area contributed by atoms with Crippen LogP contribution in [0.1, 0.15) is 10.4 Å². The molecule has 0 aromatic carbocycles. The zero-order valence-electron chi connectivity index (χ0n) is 7.94. The average molecular weight is 205 g/mol. The van der Waals surface area contributed by atoms with Gasteiger partial charge in [-0.3, -0.25) is 9.59 Å². The Kier molecular flexibility index (Phi) is 3.91. The monoisotopic (exact) mass is 205 g/mol. The van der Waals surface area contributed by atoms with E-state index in [-0.39, 0.29) is 5.56 Å². The molecule has 0 aliphatic heterocycles. The molecule has 0 atom stereocenters. The van der Waals surface area contributed by atoms with E-state index >= 15 is 0 Å². The molecule has 15 heavy (non-hydrogen) atoms. The Morgan fingerprint density at radius 1 is 1.20 bits per heavy atom. The van der Waals surface area contributed by atoms with E-state index in [2.05, 4.69) is 9.97 Å². The number of H-pyrrole nitrogens is 2. The SMILES string of the molecule is NC(=O)c1cc[nH]c1.O=c1cccc[nH]1. The van der Waals surface area contributed by atoms with Gasteiger partial charge in [0.1, 0.15) is 0 Å². The molecule has 0 fully saturated rings. The van der Waals surface area contributed by atoms with Crippen LogP contribution in [0.3, 0.4) is 0 Å². The quantitative estimate of drug-likeness (QED) is 0.632. The number of hydrogen-bond donors (Lipinski definition) is 3. The number of primary amides is 1. The van der Waals surface area contributed by atoms with E-state index in [0.29, 0.717) is 5.56 Å². The lowest BCUT2D eigenvalue weighted by Crippen LogP contribution is -2.08. The van der Waals surface area contributed by atoms with Gasteiger partial charge in [0.25, 0.3) is 0 Å². The van der Waals surface area contributed by atoms with Gasteiger partial charge in [-0.15, -0.1) is 0 Å². The van der Waals surface area contributed by atoms with Gasteiger partial charge in [0.2, 0.25) is 11.5 Å². The highest BCUT2D eigenvalue weighted by Crippen LogP contribution is 1.91. The first kappa shape index (κ1) is 10.8. The van der Waals surface area contributed by atoms with Crippen molar-refractivity contribution < 1.29 is 4.79 Å². The summed E-state index contributed by atoms with van der Waals surface area (Å²) >= 11 is 0. The zero-order valence-corrected chi connectivity index (χ0v) is 7.94. The van der Waals surface area contributed by atoms with Crippen LogP contribution in [-0.4, -0.2) is 15.9 Å². The summed E-state index contributed by atoms with van der Waals surface area (Å²) in [4.78, 5) is 25.7. The first-order valence-electron chi connectivity index (χ1n) is 4.26. The number of pyridine rings is 1. The molecule has 0 aliphatic carbocycles. The van der Waals surface area contributed by atoms with Crippen molar-refractivity contribution in [3.63, 3.8) is 0 Å². The molecule has 2 rings (SSSR count). The van der Waals surface area contributed by atoms with Crippen LogP contribution in [0.25, 0.3) is 0 Å². The van der Waals surface area contributed by atoms with Gasteiger partial charge < -0.3 is 15.7 Å². The van der Waals surface area contributed by atoms with E-state index in [1.807, 2.05) is 0 Å². The Balaban J connectivity index is 0.000000151. The van der Waals surface area contributed by atoms with E-state index in [4.69, 9.17) is 5.73 Å². The van der Waals surface area contributed by atoms with Crippen LogP contribution in [0.2, 0.25) is 0 Å². The molecular weight excluding hydrogens is 194 g/mol. The molecule has 0 unspecified atom stereocenters. The van der Waals surface area contributed by atoms with E-state index in [0.717, 1.165) is 0 Å². The molecule has 2 aromatic rings. The van der Waals surface area contributed by atoms with Crippen molar-refractivity contribution >= 4 is 5.91 Å². The number of aromatic nitrogens is 2. The molecule has 0 radical (unpaired) electrons. The lowest BCUT2D eigenvalue weighted by molar-refractivity contribution is 0.100. The maximum Gasteiger partial charge on any atom is 0.250 e.